The molecule has 1 aromatic rings. The Labute approximate surface area is 147 Å². The van der Waals surface area contributed by atoms with Crippen LogP contribution in [0.15, 0.2) is 24.3 Å². The van der Waals surface area contributed by atoms with Crippen LogP contribution in [0.2, 0.25) is 0 Å². The van der Waals surface area contributed by atoms with Crippen LogP contribution in [0.1, 0.15) is 37.0 Å². The maximum atomic E-state index is 12.6. The lowest BCUT2D eigenvalue weighted by Crippen LogP contribution is -2.40. The molecule has 0 spiro atoms. The van der Waals surface area contributed by atoms with Gasteiger partial charge in [-0.25, -0.2) is 4.79 Å². The van der Waals surface area contributed by atoms with Crippen LogP contribution in [0.5, 0.6) is 0 Å². The van der Waals surface area contributed by atoms with E-state index in [0.29, 0.717) is 43.8 Å². The van der Waals surface area contributed by atoms with Crippen molar-refractivity contribution in [3.8, 4) is 0 Å². The first-order chi connectivity index (χ1) is 12.0. The Hall–Kier alpha value is -2.57. The fourth-order valence-electron chi connectivity index (χ4n) is 2.78. The third kappa shape index (κ3) is 5.20. The van der Waals surface area contributed by atoms with E-state index in [2.05, 4.69) is 5.32 Å². The molecule has 1 heterocycles. The summed E-state index contributed by atoms with van der Waals surface area (Å²) < 4.78 is 9.87. The number of rotatable bonds is 5. The van der Waals surface area contributed by atoms with Crippen molar-refractivity contribution in [2.24, 2.45) is 5.92 Å². The van der Waals surface area contributed by atoms with E-state index in [1.165, 1.54) is 0 Å². The number of amides is 2. The first kappa shape index (κ1) is 18.8. The summed E-state index contributed by atoms with van der Waals surface area (Å²) in [6.45, 7) is 5.18. The van der Waals surface area contributed by atoms with Gasteiger partial charge in [-0.15, -0.1) is 0 Å². The van der Waals surface area contributed by atoms with E-state index >= 15 is 0 Å². The summed E-state index contributed by atoms with van der Waals surface area (Å²) in [5.74, 6) is -0.439. The monoisotopic (exact) mass is 348 g/mol. The molecule has 0 bridgehead atoms. The van der Waals surface area contributed by atoms with Crippen LogP contribution < -0.4 is 5.32 Å². The molecule has 1 aromatic carbocycles. The standard InChI is InChI=1S/C18H24N2O5/c1-3-24-17(22)13-8-10-20(11-9-13)16(21)14-6-5-7-15(12-14)19-18(23)25-4-2/h5-7,12-13H,3-4,8-11H2,1-2H3,(H,19,23). The van der Waals surface area contributed by atoms with Gasteiger partial charge in [0.2, 0.25) is 0 Å². The van der Waals surface area contributed by atoms with E-state index in [1.54, 1.807) is 43.0 Å². The zero-order valence-corrected chi connectivity index (χ0v) is 14.6. The van der Waals surface area contributed by atoms with E-state index in [4.69, 9.17) is 9.47 Å². The quantitative estimate of drug-likeness (QED) is 0.827. The fraction of sp³-hybridized carbons (Fsp3) is 0.500. The summed E-state index contributed by atoms with van der Waals surface area (Å²) in [7, 11) is 0. The lowest BCUT2D eigenvalue weighted by Gasteiger charge is -2.31. The highest BCUT2D eigenvalue weighted by atomic mass is 16.5. The van der Waals surface area contributed by atoms with Crippen molar-refractivity contribution in [2.45, 2.75) is 26.7 Å². The van der Waals surface area contributed by atoms with Crippen molar-refractivity contribution in [3.63, 3.8) is 0 Å². The molecular formula is C18H24N2O5. The number of nitrogens with one attached hydrogen (secondary N) is 1. The molecule has 136 valence electrons. The summed E-state index contributed by atoms with van der Waals surface area (Å²) in [5, 5.41) is 2.58. The van der Waals surface area contributed by atoms with Crippen molar-refractivity contribution in [1.82, 2.24) is 4.90 Å². The van der Waals surface area contributed by atoms with Crippen LogP contribution in [0.4, 0.5) is 10.5 Å². The molecule has 0 aliphatic carbocycles. The summed E-state index contributed by atoms with van der Waals surface area (Å²) in [5.41, 5.74) is 0.995. The van der Waals surface area contributed by atoms with Crippen molar-refractivity contribution in [1.29, 1.82) is 0 Å². The minimum atomic E-state index is -0.553. The van der Waals surface area contributed by atoms with Crippen LogP contribution in [-0.2, 0) is 14.3 Å². The lowest BCUT2D eigenvalue weighted by molar-refractivity contribution is -0.149. The predicted octanol–water partition coefficient (Wildman–Crippen LogP) is 2.67. The number of benzene rings is 1. The highest BCUT2D eigenvalue weighted by molar-refractivity contribution is 5.96. The normalized spacial score (nSPS) is 14.7. The Morgan fingerprint density at radius 2 is 1.80 bits per heavy atom. The van der Waals surface area contributed by atoms with Gasteiger partial charge in [0.1, 0.15) is 0 Å². The number of likely N-dealkylation sites (tertiary alicyclic amines) is 1. The molecule has 7 heteroatoms. The summed E-state index contributed by atoms with van der Waals surface area (Å²) >= 11 is 0. The van der Waals surface area contributed by atoms with Crippen LogP contribution in [0, 0.1) is 5.92 Å². The second kappa shape index (κ2) is 9.05. The molecule has 1 N–H and O–H groups in total. The van der Waals surface area contributed by atoms with Gasteiger partial charge in [-0.3, -0.25) is 14.9 Å². The molecule has 0 radical (unpaired) electrons. The number of hydrogen-bond donors (Lipinski definition) is 1. The van der Waals surface area contributed by atoms with Crippen molar-refractivity contribution in [2.75, 3.05) is 31.6 Å². The van der Waals surface area contributed by atoms with Gasteiger partial charge in [-0.2, -0.15) is 0 Å². The zero-order chi connectivity index (χ0) is 18.2. The predicted molar refractivity (Wildman–Crippen MR) is 92.3 cm³/mol. The maximum absolute atomic E-state index is 12.6. The molecule has 1 fully saturated rings. The number of ether oxygens (including phenoxy) is 2. The Morgan fingerprint density at radius 3 is 2.44 bits per heavy atom. The Balaban J connectivity index is 1.95. The molecule has 2 rings (SSSR count). The second-order valence-electron chi connectivity index (χ2n) is 5.74. The fourth-order valence-corrected chi connectivity index (χ4v) is 2.78. The number of carbonyl (C=O) groups is 3. The Kier molecular flexibility index (Phi) is 6.80. The zero-order valence-electron chi connectivity index (χ0n) is 14.6. The molecule has 0 atom stereocenters. The van der Waals surface area contributed by atoms with E-state index < -0.39 is 6.09 Å². The van der Waals surface area contributed by atoms with E-state index in [9.17, 15) is 14.4 Å². The number of piperidine rings is 1. The van der Waals surface area contributed by atoms with Crippen LogP contribution in [0.25, 0.3) is 0 Å². The van der Waals surface area contributed by atoms with Crippen molar-refractivity contribution < 1.29 is 23.9 Å². The molecule has 0 aromatic heterocycles. The first-order valence-corrected chi connectivity index (χ1v) is 8.54. The molecule has 0 saturated carbocycles. The molecule has 7 nitrogen and oxygen atoms in total. The number of carbonyl (C=O) groups excluding carboxylic acids is 3. The molecular weight excluding hydrogens is 324 g/mol. The number of esters is 1. The number of hydrogen-bond acceptors (Lipinski definition) is 5. The van der Waals surface area contributed by atoms with E-state index in [-0.39, 0.29) is 24.4 Å². The van der Waals surface area contributed by atoms with Gasteiger partial charge in [0.25, 0.3) is 5.91 Å². The average Bonchev–Trinajstić information content (AvgIpc) is 2.62. The average molecular weight is 348 g/mol. The molecule has 2 amide bonds. The van der Waals surface area contributed by atoms with Gasteiger partial charge in [0.15, 0.2) is 0 Å². The largest absolute Gasteiger partial charge is 0.466 e. The highest BCUT2D eigenvalue weighted by Crippen LogP contribution is 2.21. The summed E-state index contributed by atoms with van der Waals surface area (Å²) in [6.07, 6.45) is 0.652. The molecule has 25 heavy (non-hydrogen) atoms. The van der Waals surface area contributed by atoms with Crippen LogP contribution in [0.3, 0.4) is 0 Å². The van der Waals surface area contributed by atoms with Crippen LogP contribution in [-0.4, -0.2) is 49.2 Å². The van der Waals surface area contributed by atoms with Gasteiger partial charge in [-0.05, 0) is 44.9 Å². The topological polar surface area (TPSA) is 84.9 Å². The van der Waals surface area contributed by atoms with Gasteiger partial charge < -0.3 is 14.4 Å². The molecule has 0 unspecified atom stereocenters. The highest BCUT2D eigenvalue weighted by Gasteiger charge is 2.28. The minimum Gasteiger partial charge on any atom is -0.466 e. The van der Waals surface area contributed by atoms with Gasteiger partial charge in [0.05, 0.1) is 19.1 Å². The summed E-state index contributed by atoms with van der Waals surface area (Å²) in [6, 6.07) is 6.73. The van der Waals surface area contributed by atoms with E-state index in [0.717, 1.165) is 0 Å². The molecule has 1 aliphatic heterocycles. The molecule has 1 saturated heterocycles. The maximum Gasteiger partial charge on any atom is 0.411 e. The second-order valence-corrected chi connectivity index (χ2v) is 5.74. The van der Waals surface area contributed by atoms with Crippen molar-refractivity contribution in [3.05, 3.63) is 29.8 Å². The smallest absolute Gasteiger partial charge is 0.411 e. The lowest BCUT2D eigenvalue weighted by atomic mass is 9.96. The first-order valence-electron chi connectivity index (χ1n) is 8.54. The third-order valence-electron chi connectivity index (χ3n) is 4.03. The SMILES string of the molecule is CCOC(=O)Nc1cccc(C(=O)N2CCC(C(=O)OCC)CC2)c1. The van der Waals surface area contributed by atoms with Gasteiger partial charge >= 0.3 is 12.1 Å². The van der Waals surface area contributed by atoms with Crippen LogP contribution >= 0.6 is 0 Å². The summed E-state index contributed by atoms with van der Waals surface area (Å²) in [4.78, 5) is 37.6. The Morgan fingerprint density at radius 1 is 1.12 bits per heavy atom. The van der Waals surface area contributed by atoms with Gasteiger partial charge in [0, 0.05) is 24.3 Å². The van der Waals surface area contributed by atoms with E-state index in [1.807, 2.05) is 0 Å². The number of nitrogens with zero attached hydrogens (tertiary/aromatic N) is 1. The minimum absolute atomic E-state index is 0.116. The van der Waals surface area contributed by atoms with Crippen molar-refractivity contribution >= 4 is 23.7 Å². The Bertz CT molecular complexity index is 624. The molecule has 1 aliphatic rings. The van der Waals surface area contributed by atoms with Gasteiger partial charge in [-0.1, -0.05) is 6.07 Å². The number of anilines is 1. The third-order valence-corrected chi connectivity index (χ3v) is 4.03.